The molecule has 0 unspecified atom stereocenters. The highest BCUT2D eigenvalue weighted by atomic mass is 32.2. The molecule has 0 aliphatic heterocycles. The molecule has 6 N–H and O–H groups in total. The highest BCUT2D eigenvalue weighted by Crippen LogP contribution is 2.12. The molecule has 0 amide bonds. The Balaban J connectivity index is 1.64. The lowest BCUT2D eigenvalue weighted by Crippen LogP contribution is -2.42. The number of aromatic amines is 2. The molecule has 0 bridgehead atoms. The molecule has 12 nitrogen and oxygen atoms in total. The molecule has 0 radical (unpaired) electrons. The number of thioether (sulfide) groups is 2. The summed E-state index contributed by atoms with van der Waals surface area (Å²) in [5.74, 6) is 4.08. The largest absolute Gasteiger partial charge is 0.354 e. The molecule has 2 heterocycles. The fourth-order valence-corrected chi connectivity index (χ4v) is 4.29. The van der Waals surface area contributed by atoms with Crippen LogP contribution in [0.15, 0.2) is 22.6 Å². The highest BCUT2D eigenvalue weighted by molar-refractivity contribution is 7.98. The number of rotatable bonds is 13. The van der Waals surface area contributed by atoms with Gasteiger partial charge in [0, 0.05) is 47.5 Å². The predicted molar refractivity (Wildman–Crippen MR) is 137 cm³/mol. The van der Waals surface area contributed by atoms with Gasteiger partial charge < -0.3 is 20.6 Å². The maximum Gasteiger partial charge on any atom is 0.204 e. The van der Waals surface area contributed by atoms with Crippen molar-refractivity contribution in [3.63, 3.8) is 0 Å². The van der Waals surface area contributed by atoms with E-state index in [0.717, 1.165) is 45.8 Å². The molecule has 2 rings (SSSR count). The summed E-state index contributed by atoms with van der Waals surface area (Å²) >= 11 is 3.46. The van der Waals surface area contributed by atoms with Crippen LogP contribution in [0.3, 0.4) is 0 Å². The van der Waals surface area contributed by atoms with Gasteiger partial charge in [-0.15, -0.1) is 0 Å². The molecule has 0 saturated heterocycles. The number of nitriles is 2. The number of guanidine groups is 2. The Morgan fingerprint density at radius 1 is 0.853 bits per heavy atom. The molecule has 0 atom stereocenters. The second-order valence-electron chi connectivity index (χ2n) is 6.84. The first-order chi connectivity index (χ1) is 16.6. The molecule has 0 spiro atoms. The molecule has 14 heteroatoms. The number of aryl methyl sites for hydroxylation is 2. The standard InChI is InChI=1S/C20H30N12S2/c1-15-17(31-13-29-15)9-33-7-5-25-19(27-11-21)23-3-4-24-20(28-12-22)26-6-8-34-10-18-16(2)30-14-32-18/h13-14H,3-10H2,1-2H3,(H,29,31)(H,30,32)(H2,23,25,27)(H2,24,26,28). The third-order valence-electron chi connectivity index (χ3n) is 4.42. The first kappa shape index (κ1) is 26.9. The van der Waals surface area contributed by atoms with Gasteiger partial charge in [-0.2, -0.15) is 34.0 Å². The van der Waals surface area contributed by atoms with E-state index < -0.39 is 0 Å². The second kappa shape index (κ2) is 16.3. The van der Waals surface area contributed by atoms with Crippen LogP contribution in [0.25, 0.3) is 0 Å². The van der Waals surface area contributed by atoms with Gasteiger partial charge in [0.2, 0.25) is 11.9 Å². The van der Waals surface area contributed by atoms with Gasteiger partial charge in [-0.3, -0.25) is 20.6 Å². The second-order valence-corrected chi connectivity index (χ2v) is 9.05. The Kier molecular flexibility index (Phi) is 12.9. The molecule has 182 valence electrons. The molecule has 0 aliphatic carbocycles. The summed E-state index contributed by atoms with van der Waals surface area (Å²) in [7, 11) is 0. The molecular weight excluding hydrogens is 472 g/mol. The number of H-pyrrole nitrogens is 2. The van der Waals surface area contributed by atoms with Crippen LogP contribution in [-0.2, 0) is 11.5 Å². The molecule has 0 aromatic carbocycles. The van der Waals surface area contributed by atoms with Crippen LogP contribution in [0.1, 0.15) is 22.8 Å². The van der Waals surface area contributed by atoms with E-state index in [4.69, 9.17) is 10.5 Å². The van der Waals surface area contributed by atoms with Crippen LogP contribution < -0.4 is 21.3 Å². The monoisotopic (exact) mass is 502 g/mol. The lowest BCUT2D eigenvalue weighted by atomic mass is 10.4. The molecule has 2 aromatic rings. The van der Waals surface area contributed by atoms with Crippen molar-refractivity contribution in [2.45, 2.75) is 25.4 Å². The summed E-state index contributed by atoms with van der Waals surface area (Å²) < 4.78 is 0. The van der Waals surface area contributed by atoms with Crippen LogP contribution >= 0.6 is 23.5 Å². The van der Waals surface area contributed by atoms with E-state index in [1.807, 2.05) is 26.2 Å². The lowest BCUT2D eigenvalue weighted by Gasteiger charge is -2.11. The van der Waals surface area contributed by atoms with Crippen LogP contribution in [-0.4, -0.2) is 69.5 Å². The number of nitrogens with zero attached hydrogens (tertiary/aromatic N) is 6. The average Bonchev–Trinajstić information content (AvgIpc) is 3.43. The van der Waals surface area contributed by atoms with Crippen LogP contribution in [0.4, 0.5) is 0 Å². The van der Waals surface area contributed by atoms with Crippen LogP contribution in [0.2, 0.25) is 0 Å². The zero-order valence-corrected chi connectivity index (χ0v) is 20.9. The summed E-state index contributed by atoms with van der Waals surface area (Å²) in [4.78, 5) is 23.5. The van der Waals surface area contributed by atoms with Gasteiger partial charge in [0.05, 0.1) is 37.1 Å². The minimum atomic E-state index is 0.414. The Hall–Kier alpha value is -3.36. The molecular formula is C20H30N12S2. The maximum atomic E-state index is 8.94. The van der Waals surface area contributed by atoms with E-state index >= 15 is 0 Å². The Morgan fingerprint density at radius 3 is 1.65 bits per heavy atom. The summed E-state index contributed by atoms with van der Waals surface area (Å²) in [6.45, 7) is 6.11. The van der Waals surface area contributed by atoms with E-state index in [1.165, 1.54) is 0 Å². The number of nitrogens with one attached hydrogen (secondary N) is 6. The van der Waals surface area contributed by atoms with Gasteiger partial charge in [-0.25, -0.2) is 9.97 Å². The number of hydrogen-bond acceptors (Lipinski definition) is 8. The van der Waals surface area contributed by atoms with Gasteiger partial charge >= 0.3 is 0 Å². The van der Waals surface area contributed by atoms with Crippen molar-refractivity contribution in [1.29, 1.82) is 10.5 Å². The van der Waals surface area contributed by atoms with Gasteiger partial charge in [0.15, 0.2) is 12.4 Å². The molecule has 0 fully saturated rings. The normalized spacial score (nSPS) is 11.5. The van der Waals surface area contributed by atoms with Crippen molar-refractivity contribution in [3.05, 3.63) is 35.4 Å². The zero-order valence-electron chi connectivity index (χ0n) is 19.3. The Morgan fingerprint density at radius 2 is 1.29 bits per heavy atom. The smallest absolute Gasteiger partial charge is 0.204 e. The average molecular weight is 503 g/mol. The van der Waals surface area contributed by atoms with E-state index in [9.17, 15) is 0 Å². The van der Waals surface area contributed by atoms with Crippen molar-refractivity contribution in [2.24, 2.45) is 9.98 Å². The summed E-state index contributed by atoms with van der Waals surface area (Å²) in [5, 5.41) is 29.1. The van der Waals surface area contributed by atoms with Gasteiger partial charge in [-0.1, -0.05) is 0 Å². The zero-order chi connectivity index (χ0) is 24.4. The third-order valence-corrected chi connectivity index (χ3v) is 6.31. The van der Waals surface area contributed by atoms with E-state index in [2.05, 4.69) is 51.2 Å². The Labute approximate surface area is 207 Å². The maximum absolute atomic E-state index is 8.94. The SMILES string of the molecule is Cc1[nH]cnc1CSCCN=C(NC#N)NCCNC(=NCCSCc1nc[nH]c1C)NC#N. The van der Waals surface area contributed by atoms with E-state index in [-0.39, 0.29) is 0 Å². The Bertz CT molecular complexity index is 918. The summed E-state index contributed by atoms with van der Waals surface area (Å²) in [5.41, 5.74) is 4.24. The van der Waals surface area contributed by atoms with E-state index in [0.29, 0.717) is 38.1 Å². The van der Waals surface area contributed by atoms with Crippen molar-refractivity contribution in [1.82, 2.24) is 41.2 Å². The quantitative estimate of drug-likeness (QED) is 0.0759. The molecule has 0 saturated carbocycles. The first-order valence-electron chi connectivity index (χ1n) is 10.6. The van der Waals surface area contributed by atoms with Crippen molar-refractivity contribution >= 4 is 35.4 Å². The van der Waals surface area contributed by atoms with Gasteiger partial charge in [-0.05, 0) is 13.8 Å². The molecule has 2 aromatic heterocycles. The number of aliphatic imine (C=N–C) groups is 2. The topological polar surface area (TPSA) is 178 Å². The summed E-state index contributed by atoms with van der Waals surface area (Å²) in [6, 6.07) is 0. The molecule has 34 heavy (non-hydrogen) atoms. The fraction of sp³-hybridized carbons (Fsp3) is 0.500. The molecule has 0 aliphatic rings. The van der Waals surface area contributed by atoms with Gasteiger partial charge in [0.1, 0.15) is 0 Å². The number of hydrogen-bond donors (Lipinski definition) is 6. The lowest BCUT2D eigenvalue weighted by molar-refractivity contribution is 0.780. The number of aromatic nitrogens is 4. The first-order valence-corrected chi connectivity index (χ1v) is 12.9. The van der Waals surface area contributed by atoms with Crippen molar-refractivity contribution in [2.75, 3.05) is 37.7 Å². The minimum absolute atomic E-state index is 0.414. The summed E-state index contributed by atoms with van der Waals surface area (Å²) in [6.07, 6.45) is 7.17. The fourth-order valence-electron chi connectivity index (χ4n) is 2.59. The number of imidazole rings is 2. The van der Waals surface area contributed by atoms with E-state index in [1.54, 1.807) is 36.2 Å². The predicted octanol–water partition coefficient (Wildman–Crippen LogP) is 0.949. The van der Waals surface area contributed by atoms with Gasteiger partial charge in [0.25, 0.3) is 0 Å². The van der Waals surface area contributed by atoms with Crippen LogP contribution in [0, 0.1) is 36.8 Å². The minimum Gasteiger partial charge on any atom is -0.354 e. The van der Waals surface area contributed by atoms with Crippen molar-refractivity contribution in [3.8, 4) is 12.4 Å². The third kappa shape index (κ3) is 10.5. The van der Waals surface area contributed by atoms with Crippen molar-refractivity contribution < 1.29 is 0 Å². The van der Waals surface area contributed by atoms with Crippen LogP contribution in [0.5, 0.6) is 0 Å². The highest BCUT2D eigenvalue weighted by Gasteiger charge is 2.03.